The van der Waals surface area contributed by atoms with Crippen molar-refractivity contribution in [2.75, 3.05) is 0 Å². The molecule has 1 unspecified atom stereocenters. The van der Waals surface area contributed by atoms with Gasteiger partial charge in [-0.2, -0.15) is 0 Å². The Hall–Kier alpha value is -2.66. The molecular formula is C18H20N2O3. The van der Waals surface area contributed by atoms with Crippen LogP contribution in [0.5, 0.6) is 0 Å². The standard InChI is InChI=1S/C18H20N2O3/c21-16(15-9-5-2-6-10-15)13-18(23)20-19-17(22)12-11-14-7-3-1-4-8-14/h1-10,16,21H,11-13H2,(H,19,22)(H,20,23). The highest BCUT2D eigenvalue weighted by molar-refractivity contribution is 5.82. The first-order valence-electron chi connectivity index (χ1n) is 7.50. The molecule has 0 saturated carbocycles. The lowest BCUT2D eigenvalue weighted by atomic mass is 10.1. The number of benzene rings is 2. The minimum atomic E-state index is -0.891. The molecule has 1 atom stereocenters. The van der Waals surface area contributed by atoms with Crippen molar-refractivity contribution in [3.8, 4) is 0 Å². The van der Waals surface area contributed by atoms with E-state index in [0.29, 0.717) is 12.0 Å². The zero-order valence-corrected chi connectivity index (χ0v) is 12.7. The van der Waals surface area contributed by atoms with Crippen LogP contribution in [-0.2, 0) is 16.0 Å². The Labute approximate surface area is 135 Å². The number of nitrogens with one attached hydrogen (secondary N) is 2. The zero-order valence-electron chi connectivity index (χ0n) is 12.7. The molecule has 5 heteroatoms. The molecule has 0 aliphatic rings. The molecule has 2 aromatic rings. The van der Waals surface area contributed by atoms with E-state index in [4.69, 9.17) is 0 Å². The lowest BCUT2D eigenvalue weighted by Gasteiger charge is -2.12. The molecule has 0 heterocycles. The third-order valence-electron chi connectivity index (χ3n) is 3.39. The van der Waals surface area contributed by atoms with E-state index in [1.807, 2.05) is 36.4 Å². The molecule has 0 aromatic heterocycles. The summed E-state index contributed by atoms with van der Waals surface area (Å²) < 4.78 is 0. The second-order valence-electron chi connectivity index (χ2n) is 5.21. The van der Waals surface area contributed by atoms with Crippen LogP contribution in [0.2, 0.25) is 0 Å². The fourth-order valence-corrected chi connectivity index (χ4v) is 2.12. The van der Waals surface area contributed by atoms with Crippen molar-refractivity contribution in [3.63, 3.8) is 0 Å². The first-order valence-corrected chi connectivity index (χ1v) is 7.50. The Bertz CT molecular complexity index is 629. The SMILES string of the molecule is O=C(CCc1ccccc1)NNC(=O)CC(O)c1ccccc1. The van der Waals surface area contributed by atoms with Crippen LogP contribution in [-0.4, -0.2) is 16.9 Å². The Morgan fingerprint density at radius 2 is 1.43 bits per heavy atom. The Morgan fingerprint density at radius 1 is 0.870 bits per heavy atom. The van der Waals surface area contributed by atoms with Crippen molar-refractivity contribution >= 4 is 11.8 Å². The average Bonchev–Trinajstić information content (AvgIpc) is 2.60. The summed E-state index contributed by atoms with van der Waals surface area (Å²) in [5, 5.41) is 9.93. The van der Waals surface area contributed by atoms with Gasteiger partial charge in [-0.15, -0.1) is 0 Å². The summed E-state index contributed by atoms with van der Waals surface area (Å²) >= 11 is 0. The summed E-state index contributed by atoms with van der Waals surface area (Å²) in [7, 11) is 0. The third-order valence-corrected chi connectivity index (χ3v) is 3.39. The third kappa shape index (κ3) is 5.92. The zero-order chi connectivity index (χ0) is 16.5. The topological polar surface area (TPSA) is 78.4 Å². The van der Waals surface area contributed by atoms with E-state index in [1.54, 1.807) is 24.3 Å². The molecule has 23 heavy (non-hydrogen) atoms. The van der Waals surface area contributed by atoms with Gasteiger partial charge < -0.3 is 5.11 Å². The maximum atomic E-state index is 11.7. The Morgan fingerprint density at radius 3 is 2.09 bits per heavy atom. The van der Waals surface area contributed by atoms with E-state index in [-0.39, 0.29) is 18.7 Å². The smallest absolute Gasteiger partial charge is 0.241 e. The maximum absolute atomic E-state index is 11.7. The fourth-order valence-electron chi connectivity index (χ4n) is 2.12. The van der Waals surface area contributed by atoms with Gasteiger partial charge in [-0.25, -0.2) is 0 Å². The molecule has 0 saturated heterocycles. The van der Waals surface area contributed by atoms with Crippen LogP contribution in [0.1, 0.15) is 30.1 Å². The van der Waals surface area contributed by atoms with Gasteiger partial charge in [-0.3, -0.25) is 20.4 Å². The molecule has 120 valence electrons. The van der Waals surface area contributed by atoms with Crippen molar-refractivity contribution in [2.45, 2.75) is 25.4 Å². The summed E-state index contributed by atoms with van der Waals surface area (Å²) in [5.41, 5.74) is 6.41. The van der Waals surface area contributed by atoms with Gasteiger partial charge in [-0.05, 0) is 17.5 Å². The van der Waals surface area contributed by atoms with Gasteiger partial charge >= 0.3 is 0 Å². The van der Waals surface area contributed by atoms with Crippen LogP contribution < -0.4 is 10.9 Å². The highest BCUT2D eigenvalue weighted by Gasteiger charge is 2.13. The highest BCUT2D eigenvalue weighted by atomic mass is 16.3. The minimum absolute atomic E-state index is 0.108. The largest absolute Gasteiger partial charge is 0.388 e. The van der Waals surface area contributed by atoms with Gasteiger partial charge in [0, 0.05) is 6.42 Å². The van der Waals surface area contributed by atoms with Crippen LogP contribution in [0.3, 0.4) is 0 Å². The Balaban J connectivity index is 1.68. The van der Waals surface area contributed by atoms with E-state index in [0.717, 1.165) is 5.56 Å². The number of hydrazine groups is 1. The van der Waals surface area contributed by atoms with Crippen molar-refractivity contribution < 1.29 is 14.7 Å². The van der Waals surface area contributed by atoms with Gasteiger partial charge in [-0.1, -0.05) is 60.7 Å². The second-order valence-corrected chi connectivity index (χ2v) is 5.21. The molecule has 5 nitrogen and oxygen atoms in total. The number of rotatable bonds is 6. The summed E-state index contributed by atoms with van der Waals surface area (Å²) in [6.07, 6.45) is -0.110. The fraction of sp³-hybridized carbons (Fsp3) is 0.222. The van der Waals surface area contributed by atoms with Crippen molar-refractivity contribution in [3.05, 3.63) is 71.8 Å². The molecule has 0 aliphatic heterocycles. The van der Waals surface area contributed by atoms with Gasteiger partial charge in [0.05, 0.1) is 12.5 Å². The van der Waals surface area contributed by atoms with E-state index in [1.165, 1.54) is 0 Å². The number of hydrogen-bond donors (Lipinski definition) is 3. The van der Waals surface area contributed by atoms with Crippen LogP contribution in [0.25, 0.3) is 0 Å². The summed E-state index contributed by atoms with van der Waals surface area (Å²) in [6.45, 7) is 0. The monoisotopic (exact) mass is 312 g/mol. The number of carbonyl (C=O) groups is 2. The average molecular weight is 312 g/mol. The Kier molecular flexibility index (Phi) is 6.32. The summed E-state index contributed by atoms with van der Waals surface area (Å²) in [5.74, 6) is -0.703. The lowest BCUT2D eigenvalue weighted by molar-refractivity contribution is -0.130. The first-order chi connectivity index (χ1) is 11.1. The number of amides is 2. The molecule has 0 aliphatic carbocycles. The van der Waals surface area contributed by atoms with Gasteiger partial charge in [0.15, 0.2) is 0 Å². The summed E-state index contributed by atoms with van der Waals surface area (Å²) in [6, 6.07) is 18.6. The number of aliphatic hydroxyl groups is 1. The predicted octanol–water partition coefficient (Wildman–Crippen LogP) is 1.89. The molecule has 0 spiro atoms. The van der Waals surface area contributed by atoms with E-state index >= 15 is 0 Å². The van der Waals surface area contributed by atoms with Crippen LogP contribution in [0.15, 0.2) is 60.7 Å². The molecule has 0 radical (unpaired) electrons. The predicted molar refractivity (Wildman–Crippen MR) is 87.1 cm³/mol. The lowest BCUT2D eigenvalue weighted by Crippen LogP contribution is -2.42. The van der Waals surface area contributed by atoms with Crippen molar-refractivity contribution in [1.29, 1.82) is 0 Å². The normalized spacial score (nSPS) is 11.5. The number of aryl methyl sites for hydroxylation is 1. The molecule has 0 fully saturated rings. The molecular weight excluding hydrogens is 292 g/mol. The van der Waals surface area contributed by atoms with Gasteiger partial charge in [0.2, 0.25) is 11.8 Å². The molecule has 2 aromatic carbocycles. The van der Waals surface area contributed by atoms with Crippen LogP contribution >= 0.6 is 0 Å². The molecule has 3 N–H and O–H groups in total. The van der Waals surface area contributed by atoms with Crippen LogP contribution in [0, 0.1) is 0 Å². The number of hydrogen-bond acceptors (Lipinski definition) is 3. The quantitative estimate of drug-likeness (QED) is 0.713. The molecule has 2 amide bonds. The van der Waals surface area contributed by atoms with Gasteiger partial charge in [0.1, 0.15) is 0 Å². The van der Waals surface area contributed by atoms with E-state index < -0.39 is 12.0 Å². The molecule has 2 rings (SSSR count). The van der Waals surface area contributed by atoms with Crippen LogP contribution in [0.4, 0.5) is 0 Å². The van der Waals surface area contributed by atoms with Gasteiger partial charge in [0.25, 0.3) is 0 Å². The summed E-state index contributed by atoms with van der Waals surface area (Å²) in [4.78, 5) is 23.4. The maximum Gasteiger partial charge on any atom is 0.241 e. The minimum Gasteiger partial charge on any atom is -0.388 e. The van der Waals surface area contributed by atoms with Crippen molar-refractivity contribution in [1.82, 2.24) is 10.9 Å². The van der Waals surface area contributed by atoms with E-state index in [2.05, 4.69) is 10.9 Å². The number of aliphatic hydroxyl groups excluding tert-OH is 1. The van der Waals surface area contributed by atoms with Crippen molar-refractivity contribution in [2.24, 2.45) is 0 Å². The molecule has 0 bridgehead atoms. The second kappa shape index (κ2) is 8.70. The first kappa shape index (κ1) is 16.7. The number of carbonyl (C=O) groups excluding carboxylic acids is 2. The van der Waals surface area contributed by atoms with E-state index in [9.17, 15) is 14.7 Å². The highest BCUT2D eigenvalue weighted by Crippen LogP contribution is 2.15.